The second-order valence-electron chi connectivity index (χ2n) is 8.66. The van der Waals surface area contributed by atoms with E-state index < -0.39 is 6.04 Å². The molecule has 1 aromatic heterocycles. The van der Waals surface area contributed by atoms with Gasteiger partial charge in [0, 0.05) is 28.0 Å². The van der Waals surface area contributed by atoms with E-state index >= 15 is 0 Å². The third-order valence-corrected chi connectivity index (χ3v) is 7.14. The van der Waals surface area contributed by atoms with Crippen molar-refractivity contribution in [2.75, 3.05) is 6.54 Å². The van der Waals surface area contributed by atoms with Gasteiger partial charge < -0.3 is 5.32 Å². The molecule has 6 nitrogen and oxygen atoms in total. The number of aryl methyl sites for hydroxylation is 1. The molecule has 0 aliphatic carbocycles. The van der Waals surface area contributed by atoms with Crippen LogP contribution in [-0.4, -0.2) is 32.9 Å². The lowest BCUT2D eigenvalue weighted by molar-refractivity contribution is -0.121. The number of aromatic nitrogens is 3. The summed E-state index contributed by atoms with van der Waals surface area (Å²) >= 11 is 9.72. The van der Waals surface area contributed by atoms with Crippen molar-refractivity contribution in [3.8, 4) is 16.8 Å². The van der Waals surface area contributed by atoms with Gasteiger partial charge in [0.1, 0.15) is 11.9 Å². The van der Waals surface area contributed by atoms with Crippen LogP contribution in [0.2, 0.25) is 5.02 Å². The van der Waals surface area contributed by atoms with Gasteiger partial charge in [-0.2, -0.15) is 0 Å². The second kappa shape index (κ2) is 10.4. The molecule has 5 rings (SSSR count). The third-order valence-electron chi connectivity index (χ3n) is 6.24. The van der Waals surface area contributed by atoms with Gasteiger partial charge >= 0.3 is 0 Å². The first-order valence-corrected chi connectivity index (χ1v) is 13.3. The molecule has 182 valence electrons. The Balaban J connectivity index is 1.72. The number of nitrogens with zero attached hydrogens (tertiary/aromatic N) is 4. The smallest absolute Gasteiger partial charge is 0.222 e. The number of amides is 1. The van der Waals surface area contributed by atoms with Gasteiger partial charge in [-0.05, 0) is 54.8 Å². The van der Waals surface area contributed by atoms with Crippen molar-refractivity contribution in [3.63, 3.8) is 0 Å². The zero-order chi connectivity index (χ0) is 25.2. The van der Waals surface area contributed by atoms with Crippen molar-refractivity contribution in [1.82, 2.24) is 20.1 Å². The van der Waals surface area contributed by atoms with Crippen LogP contribution in [0.4, 0.5) is 0 Å². The molecule has 36 heavy (non-hydrogen) atoms. The molecule has 1 aliphatic heterocycles. The Morgan fingerprint density at radius 2 is 1.69 bits per heavy atom. The normalized spacial score (nSPS) is 14.4. The zero-order valence-corrected chi connectivity index (χ0v) is 22.3. The number of hydrogen-bond donors (Lipinski definition) is 1. The van der Waals surface area contributed by atoms with Crippen LogP contribution in [-0.2, 0) is 10.1 Å². The molecule has 2 heterocycles. The molecular weight excluding hydrogens is 538 g/mol. The predicted octanol–water partition coefficient (Wildman–Crippen LogP) is 6.21. The predicted molar refractivity (Wildman–Crippen MR) is 147 cm³/mol. The van der Waals surface area contributed by atoms with Crippen LogP contribution in [0.15, 0.2) is 71.7 Å². The van der Waals surface area contributed by atoms with E-state index in [0.29, 0.717) is 17.4 Å². The molecule has 8 heteroatoms. The van der Waals surface area contributed by atoms with Gasteiger partial charge in [-0.25, -0.2) is 0 Å². The van der Waals surface area contributed by atoms with Gasteiger partial charge in [-0.1, -0.05) is 70.0 Å². The van der Waals surface area contributed by atoms with Gasteiger partial charge in [0.2, 0.25) is 5.91 Å². The molecule has 1 N–H and O–H groups in total. The lowest BCUT2D eigenvalue weighted by Gasteiger charge is -2.15. The summed E-state index contributed by atoms with van der Waals surface area (Å²) in [6, 6.07) is 22.0. The minimum absolute atomic E-state index is 0.0764. The van der Waals surface area contributed by atoms with Gasteiger partial charge in [0.05, 0.1) is 17.8 Å². The van der Waals surface area contributed by atoms with Crippen molar-refractivity contribution in [2.24, 2.45) is 4.99 Å². The summed E-state index contributed by atoms with van der Waals surface area (Å²) in [5.41, 5.74) is 6.99. The second-order valence-corrected chi connectivity index (χ2v) is 9.66. The van der Waals surface area contributed by atoms with E-state index in [-0.39, 0.29) is 12.3 Å². The fraction of sp³-hybridized carbons (Fsp3) is 0.214. The highest BCUT2D eigenvalue weighted by Gasteiger charge is 2.29. The summed E-state index contributed by atoms with van der Waals surface area (Å²) in [4.78, 5) is 17.8. The van der Waals surface area contributed by atoms with Gasteiger partial charge in [0.15, 0.2) is 5.82 Å². The standard InChI is InChI=1S/C28H25BrClN5O/c1-3-31-26(36)15-24-28-34-33-17(2)35(28)25-13-10-21(19-6-4-18(16-29)5-7-19)14-23(25)27(32-24)20-8-11-22(30)12-9-20/h4-14,24H,3,15-16H2,1-2H3,(H,31,36)/t24-/m0/s1. The van der Waals surface area contributed by atoms with E-state index in [1.807, 2.05) is 42.7 Å². The number of halogens is 2. The van der Waals surface area contributed by atoms with Gasteiger partial charge in [-0.15, -0.1) is 10.2 Å². The minimum atomic E-state index is -0.488. The Bertz CT molecular complexity index is 1440. The van der Waals surface area contributed by atoms with E-state index in [4.69, 9.17) is 16.6 Å². The van der Waals surface area contributed by atoms with E-state index in [0.717, 1.165) is 44.8 Å². The summed E-state index contributed by atoms with van der Waals surface area (Å²) in [6.45, 7) is 4.38. The van der Waals surface area contributed by atoms with Crippen LogP contribution < -0.4 is 5.32 Å². The van der Waals surface area contributed by atoms with Crippen molar-refractivity contribution >= 4 is 39.1 Å². The summed E-state index contributed by atoms with van der Waals surface area (Å²) in [5.74, 6) is 1.32. The molecule has 0 fully saturated rings. The molecule has 0 bridgehead atoms. The van der Waals surface area contributed by atoms with Crippen molar-refractivity contribution in [1.29, 1.82) is 0 Å². The Hall–Kier alpha value is -3.29. The molecule has 0 saturated carbocycles. The molecule has 1 amide bonds. The van der Waals surface area contributed by atoms with Crippen LogP contribution in [0.5, 0.6) is 0 Å². The number of carbonyl (C=O) groups is 1. The van der Waals surface area contributed by atoms with Crippen LogP contribution in [0.1, 0.15) is 47.7 Å². The number of aliphatic imine (C=N–C) groups is 1. The lowest BCUT2D eigenvalue weighted by atomic mass is 9.95. The highest BCUT2D eigenvalue weighted by atomic mass is 79.9. The highest BCUT2D eigenvalue weighted by molar-refractivity contribution is 9.08. The van der Waals surface area contributed by atoms with Crippen LogP contribution in [0.25, 0.3) is 16.8 Å². The molecule has 1 aliphatic rings. The Labute approximate surface area is 223 Å². The lowest BCUT2D eigenvalue weighted by Crippen LogP contribution is -2.25. The molecule has 4 aromatic rings. The molecule has 0 unspecified atom stereocenters. The highest BCUT2D eigenvalue weighted by Crippen LogP contribution is 2.35. The van der Waals surface area contributed by atoms with E-state index in [1.165, 1.54) is 5.56 Å². The number of alkyl halides is 1. The number of nitrogens with one attached hydrogen (secondary N) is 1. The van der Waals surface area contributed by atoms with Crippen LogP contribution >= 0.6 is 27.5 Å². The Kier molecular flexibility index (Phi) is 7.03. The van der Waals surface area contributed by atoms with E-state index in [2.05, 4.69) is 73.9 Å². The van der Waals surface area contributed by atoms with Gasteiger partial charge in [0.25, 0.3) is 0 Å². The van der Waals surface area contributed by atoms with E-state index in [9.17, 15) is 4.79 Å². The summed E-state index contributed by atoms with van der Waals surface area (Å²) in [5, 5.41) is 13.1. The average Bonchev–Trinajstić information content (AvgIpc) is 3.21. The van der Waals surface area contributed by atoms with Crippen molar-refractivity contribution in [3.05, 3.63) is 100 Å². The SMILES string of the molecule is CCNC(=O)C[C@@H]1N=C(c2ccc(Cl)cc2)c2cc(-c3ccc(CBr)cc3)ccc2-n2c(C)nnc21. The first-order valence-electron chi connectivity index (χ1n) is 11.8. The molecule has 0 spiro atoms. The molecule has 0 radical (unpaired) electrons. The largest absolute Gasteiger partial charge is 0.356 e. The molecule has 0 saturated heterocycles. The first kappa shape index (κ1) is 24.4. The maximum absolute atomic E-state index is 12.6. The first-order chi connectivity index (χ1) is 17.5. The molecule has 3 aromatic carbocycles. The van der Waals surface area contributed by atoms with Crippen molar-refractivity contribution in [2.45, 2.75) is 31.6 Å². The summed E-state index contributed by atoms with van der Waals surface area (Å²) in [7, 11) is 0. The monoisotopic (exact) mass is 561 g/mol. The van der Waals surface area contributed by atoms with Gasteiger partial charge in [-0.3, -0.25) is 14.4 Å². The van der Waals surface area contributed by atoms with Crippen LogP contribution in [0.3, 0.4) is 0 Å². The topological polar surface area (TPSA) is 72.2 Å². The van der Waals surface area contributed by atoms with Crippen LogP contribution in [0, 0.1) is 6.92 Å². The molecular formula is C28H25BrClN5O. The molecule has 1 atom stereocenters. The fourth-order valence-electron chi connectivity index (χ4n) is 4.48. The Morgan fingerprint density at radius 3 is 2.39 bits per heavy atom. The van der Waals surface area contributed by atoms with Crippen molar-refractivity contribution < 1.29 is 4.79 Å². The maximum atomic E-state index is 12.6. The van der Waals surface area contributed by atoms with E-state index in [1.54, 1.807) is 0 Å². The quantitative estimate of drug-likeness (QED) is 0.284. The third kappa shape index (κ3) is 4.73. The number of fused-ring (bicyclic) bond motifs is 3. The average molecular weight is 563 g/mol. The Morgan fingerprint density at radius 1 is 1.00 bits per heavy atom. The maximum Gasteiger partial charge on any atom is 0.222 e. The summed E-state index contributed by atoms with van der Waals surface area (Å²) < 4.78 is 2.02. The number of carbonyl (C=O) groups excluding carboxylic acids is 1. The number of hydrogen-bond acceptors (Lipinski definition) is 4. The number of benzene rings is 3. The summed E-state index contributed by atoms with van der Waals surface area (Å²) in [6.07, 6.45) is 0.178. The minimum Gasteiger partial charge on any atom is -0.356 e. The zero-order valence-electron chi connectivity index (χ0n) is 20.0. The number of rotatable bonds is 6. The fourth-order valence-corrected chi connectivity index (χ4v) is 4.98.